The first-order valence-electron chi connectivity index (χ1n) is 15.7. The highest BCUT2D eigenvalue weighted by atomic mass is 35.5. The van der Waals surface area contributed by atoms with E-state index in [1.807, 2.05) is 78.9 Å². The molecular formula is C37H36ClN3O6. The van der Waals surface area contributed by atoms with Crippen LogP contribution in [0.1, 0.15) is 48.1 Å². The molecule has 2 aliphatic heterocycles. The Morgan fingerprint density at radius 2 is 1.62 bits per heavy atom. The number of amides is 2. The molecule has 0 saturated carbocycles. The Morgan fingerprint density at radius 1 is 0.894 bits per heavy atom. The second kappa shape index (κ2) is 14.2. The SMILES string of the molecule is CCOC(=O)C1=C(C)N(Cc2ccc(C(=O)N3CCN(c4ccccc4Cl)CC3)o2)C(=O)CC1c1cccc(Oc2ccccc2)c1. The molecule has 1 fully saturated rings. The van der Waals surface area contributed by atoms with Crippen LogP contribution in [0.5, 0.6) is 11.5 Å². The fourth-order valence-corrected chi connectivity index (χ4v) is 6.38. The van der Waals surface area contributed by atoms with Crippen molar-refractivity contribution < 1.29 is 28.3 Å². The molecule has 1 unspecified atom stereocenters. The van der Waals surface area contributed by atoms with Crippen LogP contribution in [0.25, 0.3) is 0 Å². The van der Waals surface area contributed by atoms with E-state index in [-0.39, 0.29) is 37.1 Å². The molecule has 0 radical (unpaired) electrons. The highest BCUT2D eigenvalue weighted by Crippen LogP contribution is 2.39. The zero-order valence-corrected chi connectivity index (χ0v) is 27.1. The van der Waals surface area contributed by atoms with Gasteiger partial charge in [-0.25, -0.2) is 4.79 Å². The summed E-state index contributed by atoms with van der Waals surface area (Å²) >= 11 is 6.37. The van der Waals surface area contributed by atoms with Crippen molar-refractivity contribution >= 4 is 35.1 Å². The molecule has 1 aromatic heterocycles. The lowest BCUT2D eigenvalue weighted by Crippen LogP contribution is -2.48. The van der Waals surface area contributed by atoms with Gasteiger partial charge in [0.05, 0.1) is 29.4 Å². The van der Waals surface area contributed by atoms with Gasteiger partial charge >= 0.3 is 5.97 Å². The van der Waals surface area contributed by atoms with E-state index in [0.29, 0.717) is 59.7 Å². The van der Waals surface area contributed by atoms with Crippen LogP contribution in [0.3, 0.4) is 0 Å². The lowest BCUT2D eigenvalue weighted by Gasteiger charge is -2.36. The number of esters is 1. The minimum Gasteiger partial charge on any atom is -0.463 e. The van der Waals surface area contributed by atoms with Gasteiger partial charge in [0.1, 0.15) is 17.3 Å². The number of anilines is 1. The van der Waals surface area contributed by atoms with E-state index in [1.165, 1.54) is 4.90 Å². The molecule has 242 valence electrons. The van der Waals surface area contributed by atoms with Crippen LogP contribution in [-0.2, 0) is 20.9 Å². The number of ether oxygens (including phenoxy) is 2. The predicted octanol–water partition coefficient (Wildman–Crippen LogP) is 7.04. The largest absolute Gasteiger partial charge is 0.463 e. The molecule has 2 amide bonds. The molecule has 4 aromatic rings. The second-order valence-electron chi connectivity index (χ2n) is 11.4. The van der Waals surface area contributed by atoms with Gasteiger partial charge in [0.25, 0.3) is 5.91 Å². The summed E-state index contributed by atoms with van der Waals surface area (Å²) in [6.07, 6.45) is 0.0580. The second-order valence-corrected chi connectivity index (χ2v) is 11.8. The molecule has 0 aliphatic carbocycles. The molecule has 47 heavy (non-hydrogen) atoms. The summed E-state index contributed by atoms with van der Waals surface area (Å²) in [4.78, 5) is 45.7. The van der Waals surface area contributed by atoms with Gasteiger partial charge in [0.2, 0.25) is 5.91 Å². The number of benzene rings is 3. The number of piperazine rings is 1. The highest BCUT2D eigenvalue weighted by Gasteiger charge is 2.37. The average Bonchev–Trinajstić information content (AvgIpc) is 3.56. The zero-order valence-electron chi connectivity index (χ0n) is 26.4. The smallest absolute Gasteiger partial charge is 0.336 e. The number of furan rings is 1. The Labute approximate surface area is 278 Å². The first-order valence-corrected chi connectivity index (χ1v) is 16.1. The van der Waals surface area contributed by atoms with E-state index in [4.69, 9.17) is 25.5 Å². The first kappa shape index (κ1) is 31.9. The third-order valence-electron chi connectivity index (χ3n) is 8.50. The molecule has 10 heteroatoms. The van der Waals surface area contributed by atoms with E-state index >= 15 is 0 Å². The number of hydrogen-bond donors (Lipinski definition) is 0. The molecule has 9 nitrogen and oxygen atoms in total. The molecule has 0 spiro atoms. The van der Waals surface area contributed by atoms with Crippen LogP contribution >= 0.6 is 11.6 Å². The molecule has 1 atom stereocenters. The van der Waals surface area contributed by atoms with E-state index in [1.54, 1.807) is 30.9 Å². The van der Waals surface area contributed by atoms with Crippen LogP contribution in [0.2, 0.25) is 5.02 Å². The van der Waals surface area contributed by atoms with Crippen LogP contribution in [-0.4, -0.2) is 60.4 Å². The summed E-state index contributed by atoms with van der Waals surface area (Å²) in [5.41, 5.74) is 2.62. The number of hydrogen-bond acceptors (Lipinski definition) is 7. The summed E-state index contributed by atoms with van der Waals surface area (Å²) in [7, 11) is 0. The summed E-state index contributed by atoms with van der Waals surface area (Å²) in [6.45, 7) is 6.11. The fourth-order valence-electron chi connectivity index (χ4n) is 6.13. The van der Waals surface area contributed by atoms with Gasteiger partial charge in [0.15, 0.2) is 5.76 Å². The maximum absolute atomic E-state index is 13.6. The quantitative estimate of drug-likeness (QED) is 0.179. The summed E-state index contributed by atoms with van der Waals surface area (Å²) < 4.78 is 17.5. The zero-order chi connectivity index (χ0) is 32.9. The van der Waals surface area contributed by atoms with Gasteiger partial charge in [-0.05, 0) is 67.9 Å². The number of para-hydroxylation sites is 2. The summed E-state index contributed by atoms with van der Waals surface area (Å²) in [6, 6.07) is 27.8. The van der Waals surface area contributed by atoms with E-state index < -0.39 is 11.9 Å². The van der Waals surface area contributed by atoms with Crippen LogP contribution in [0, 0.1) is 0 Å². The number of nitrogens with zero attached hydrogens (tertiary/aromatic N) is 3. The maximum Gasteiger partial charge on any atom is 0.336 e. The normalized spacial score (nSPS) is 16.8. The van der Waals surface area contributed by atoms with Gasteiger partial charge in [0, 0.05) is 44.2 Å². The Kier molecular flexibility index (Phi) is 9.63. The van der Waals surface area contributed by atoms with Gasteiger partial charge in [-0.15, -0.1) is 0 Å². The standard InChI is InChI=1S/C37H36ClN3O6/c1-3-45-37(44)35-25(2)41(34(42)23-30(35)26-10-9-13-28(22-26)46-27-11-5-4-6-12-27)24-29-16-17-33(47-29)36(43)40-20-18-39(19-21-40)32-15-8-7-14-31(32)38/h4-17,22,30H,3,18-21,23-24H2,1-2H3. The van der Waals surface area contributed by atoms with Crippen molar-refractivity contribution in [3.05, 3.63) is 124 Å². The van der Waals surface area contributed by atoms with Gasteiger partial charge in [-0.1, -0.05) is 54.1 Å². The van der Waals surface area contributed by atoms with Crippen LogP contribution < -0.4 is 9.64 Å². The van der Waals surface area contributed by atoms with E-state index in [0.717, 1.165) is 11.3 Å². The van der Waals surface area contributed by atoms with Gasteiger partial charge in [-0.2, -0.15) is 0 Å². The number of halogens is 1. The Hall–Kier alpha value is -5.02. The van der Waals surface area contributed by atoms with Crippen molar-refractivity contribution in [1.29, 1.82) is 0 Å². The van der Waals surface area contributed by atoms with Crippen molar-refractivity contribution in [2.75, 3.05) is 37.7 Å². The van der Waals surface area contributed by atoms with Crippen molar-refractivity contribution in [2.24, 2.45) is 0 Å². The third-order valence-corrected chi connectivity index (χ3v) is 8.82. The number of rotatable bonds is 9. The molecule has 0 N–H and O–H groups in total. The topological polar surface area (TPSA) is 92.5 Å². The van der Waals surface area contributed by atoms with E-state index in [2.05, 4.69) is 4.90 Å². The molecule has 2 aliphatic rings. The number of allylic oxidation sites excluding steroid dienone is 1. The summed E-state index contributed by atoms with van der Waals surface area (Å²) in [5.74, 6) is 0.549. The van der Waals surface area contributed by atoms with Crippen molar-refractivity contribution in [3.8, 4) is 11.5 Å². The van der Waals surface area contributed by atoms with Crippen molar-refractivity contribution in [3.63, 3.8) is 0 Å². The van der Waals surface area contributed by atoms with E-state index in [9.17, 15) is 14.4 Å². The predicted molar refractivity (Wildman–Crippen MR) is 178 cm³/mol. The first-order chi connectivity index (χ1) is 22.8. The fraction of sp³-hybridized carbons (Fsp3) is 0.270. The average molecular weight is 654 g/mol. The number of carbonyl (C=O) groups is 3. The lowest BCUT2D eigenvalue weighted by molar-refractivity contribution is -0.140. The Bertz CT molecular complexity index is 1790. The Balaban J connectivity index is 1.18. The molecule has 1 saturated heterocycles. The summed E-state index contributed by atoms with van der Waals surface area (Å²) in [5, 5.41) is 0.683. The highest BCUT2D eigenvalue weighted by molar-refractivity contribution is 6.33. The van der Waals surface area contributed by atoms with Gasteiger partial charge in [-0.3, -0.25) is 9.59 Å². The number of carbonyl (C=O) groups excluding carboxylic acids is 3. The molecule has 0 bridgehead atoms. The van der Waals surface area contributed by atoms with Crippen LogP contribution in [0.15, 0.2) is 107 Å². The molecule has 3 aromatic carbocycles. The molecule has 6 rings (SSSR count). The van der Waals surface area contributed by atoms with Crippen LogP contribution in [0.4, 0.5) is 5.69 Å². The minimum atomic E-state index is -0.518. The lowest BCUT2D eigenvalue weighted by atomic mass is 9.83. The molecular weight excluding hydrogens is 618 g/mol. The van der Waals surface area contributed by atoms with Crippen molar-refractivity contribution in [2.45, 2.75) is 32.7 Å². The molecule has 3 heterocycles. The minimum absolute atomic E-state index is 0.0580. The van der Waals surface area contributed by atoms with Gasteiger partial charge < -0.3 is 28.6 Å². The monoisotopic (exact) mass is 653 g/mol. The maximum atomic E-state index is 13.6. The Morgan fingerprint density at radius 3 is 2.36 bits per heavy atom. The van der Waals surface area contributed by atoms with Crippen molar-refractivity contribution in [1.82, 2.24) is 9.80 Å². The third kappa shape index (κ3) is 7.05.